The van der Waals surface area contributed by atoms with Crippen LogP contribution in [0.1, 0.15) is 33.6 Å². The van der Waals surface area contributed by atoms with Crippen molar-refractivity contribution in [2.24, 2.45) is 5.92 Å². The zero-order valence-corrected chi connectivity index (χ0v) is 12.3. The van der Waals surface area contributed by atoms with E-state index >= 15 is 0 Å². The molecule has 0 aromatic carbocycles. The molecular formula is C14H26N2O3. The van der Waals surface area contributed by atoms with E-state index in [4.69, 9.17) is 9.47 Å². The first-order chi connectivity index (χ1) is 8.94. The van der Waals surface area contributed by atoms with Gasteiger partial charge in [-0.25, -0.2) is 4.79 Å². The third-order valence-corrected chi connectivity index (χ3v) is 3.56. The van der Waals surface area contributed by atoms with E-state index in [9.17, 15) is 4.79 Å². The Morgan fingerprint density at radius 2 is 2.21 bits per heavy atom. The Kier molecular flexibility index (Phi) is 4.68. The lowest BCUT2D eigenvalue weighted by Crippen LogP contribution is -2.37. The minimum absolute atomic E-state index is 0.181. The normalized spacial score (nSPS) is 27.8. The molecule has 2 aliphatic heterocycles. The van der Waals surface area contributed by atoms with Crippen molar-refractivity contribution in [1.29, 1.82) is 0 Å². The molecule has 5 nitrogen and oxygen atoms in total. The molecular weight excluding hydrogens is 244 g/mol. The molecule has 0 unspecified atom stereocenters. The number of ether oxygens (including phenoxy) is 2. The van der Waals surface area contributed by atoms with E-state index in [1.54, 1.807) is 0 Å². The molecule has 1 N–H and O–H groups in total. The average Bonchev–Trinajstić information content (AvgIpc) is 2.96. The molecule has 1 amide bonds. The van der Waals surface area contributed by atoms with Crippen LogP contribution in [0.25, 0.3) is 0 Å². The lowest BCUT2D eigenvalue weighted by atomic mass is 10.1. The Morgan fingerprint density at radius 3 is 2.84 bits per heavy atom. The van der Waals surface area contributed by atoms with Gasteiger partial charge in [0.2, 0.25) is 0 Å². The van der Waals surface area contributed by atoms with Crippen LogP contribution < -0.4 is 5.32 Å². The van der Waals surface area contributed by atoms with Gasteiger partial charge >= 0.3 is 6.09 Å². The van der Waals surface area contributed by atoms with Gasteiger partial charge in [0.25, 0.3) is 0 Å². The Bertz CT molecular complexity index is 308. The maximum absolute atomic E-state index is 11.9. The van der Waals surface area contributed by atoms with Crippen molar-refractivity contribution in [1.82, 2.24) is 10.2 Å². The zero-order chi connectivity index (χ0) is 13.9. The monoisotopic (exact) mass is 270 g/mol. The van der Waals surface area contributed by atoms with Gasteiger partial charge in [-0.15, -0.1) is 0 Å². The summed E-state index contributed by atoms with van der Waals surface area (Å²) in [4.78, 5) is 13.8. The molecule has 5 heteroatoms. The lowest BCUT2D eigenvalue weighted by molar-refractivity contribution is 0.0288. The first kappa shape index (κ1) is 14.6. The average molecular weight is 270 g/mol. The van der Waals surface area contributed by atoms with Crippen molar-refractivity contribution >= 4 is 6.09 Å². The van der Waals surface area contributed by atoms with Crippen molar-refractivity contribution < 1.29 is 14.3 Å². The van der Waals surface area contributed by atoms with E-state index in [1.165, 1.54) is 0 Å². The quantitative estimate of drug-likeness (QED) is 0.846. The third-order valence-electron chi connectivity index (χ3n) is 3.56. The third kappa shape index (κ3) is 4.66. The standard InChI is InChI=1S/C14H26N2O3/c1-14(2,3)19-13(17)16-6-4-11(9-16)8-15-12-5-7-18-10-12/h11-12,15H,4-10H2,1-3H3/t11-,12-/m0/s1. The van der Waals surface area contributed by atoms with E-state index in [-0.39, 0.29) is 6.09 Å². The summed E-state index contributed by atoms with van der Waals surface area (Å²) in [6, 6.07) is 0.496. The Balaban J connectivity index is 1.68. The molecule has 0 bridgehead atoms. The molecule has 0 aromatic rings. The number of rotatable bonds is 3. The molecule has 0 radical (unpaired) electrons. The van der Waals surface area contributed by atoms with Crippen molar-refractivity contribution in [2.45, 2.75) is 45.3 Å². The second kappa shape index (κ2) is 6.09. The predicted molar refractivity (Wildman–Crippen MR) is 73.1 cm³/mol. The highest BCUT2D eigenvalue weighted by Crippen LogP contribution is 2.19. The Morgan fingerprint density at radius 1 is 1.42 bits per heavy atom. The molecule has 2 heterocycles. The molecule has 2 rings (SSSR count). The fourth-order valence-corrected chi connectivity index (χ4v) is 2.52. The summed E-state index contributed by atoms with van der Waals surface area (Å²) in [7, 11) is 0. The SMILES string of the molecule is CC(C)(C)OC(=O)N1CC[C@@H](CN[C@H]2CCOC2)C1. The molecule has 0 aromatic heterocycles. The van der Waals surface area contributed by atoms with Crippen LogP contribution in [0.5, 0.6) is 0 Å². The van der Waals surface area contributed by atoms with E-state index in [2.05, 4.69) is 5.32 Å². The smallest absolute Gasteiger partial charge is 0.410 e. The summed E-state index contributed by atoms with van der Waals surface area (Å²) in [5.41, 5.74) is -0.408. The molecule has 2 aliphatic rings. The topological polar surface area (TPSA) is 50.8 Å². The molecule has 2 saturated heterocycles. The van der Waals surface area contributed by atoms with Gasteiger partial charge in [0, 0.05) is 32.3 Å². The van der Waals surface area contributed by atoms with E-state index in [1.807, 2.05) is 25.7 Å². The highest BCUT2D eigenvalue weighted by Gasteiger charge is 2.30. The lowest BCUT2D eigenvalue weighted by Gasteiger charge is -2.24. The summed E-state index contributed by atoms with van der Waals surface area (Å²) in [6.07, 6.45) is 1.97. The summed E-state index contributed by atoms with van der Waals surface area (Å²) >= 11 is 0. The Hall–Kier alpha value is -0.810. The number of hydrogen-bond acceptors (Lipinski definition) is 4. The molecule has 110 valence electrons. The summed E-state index contributed by atoms with van der Waals surface area (Å²) in [5.74, 6) is 0.535. The largest absolute Gasteiger partial charge is 0.444 e. The predicted octanol–water partition coefficient (Wildman–Crippen LogP) is 1.62. The fourth-order valence-electron chi connectivity index (χ4n) is 2.52. The van der Waals surface area contributed by atoms with Gasteiger partial charge in [-0.3, -0.25) is 0 Å². The number of carbonyl (C=O) groups is 1. The number of nitrogens with zero attached hydrogens (tertiary/aromatic N) is 1. The number of hydrogen-bond donors (Lipinski definition) is 1. The molecule has 2 atom stereocenters. The Labute approximate surface area is 115 Å². The van der Waals surface area contributed by atoms with E-state index in [0.29, 0.717) is 12.0 Å². The summed E-state index contributed by atoms with van der Waals surface area (Å²) in [5, 5.41) is 3.53. The molecule has 19 heavy (non-hydrogen) atoms. The van der Waals surface area contributed by atoms with Crippen LogP contribution in [0, 0.1) is 5.92 Å². The second-order valence-corrected chi connectivity index (χ2v) is 6.55. The molecule has 2 fully saturated rings. The van der Waals surface area contributed by atoms with Gasteiger partial charge < -0.3 is 19.7 Å². The van der Waals surface area contributed by atoms with Gasteiger partial charge in [-0.1, -0.05) is 0 Å². The number of carbonyl (C=O) groups excluding carboxylic acids is 1. The zero-order valence-electron chi connectivity index (χ0n) is 12.3. The van der Waals surface area contributed by atoms with E-state index < -0.39 is 5.60 Å². The van der Waals surface area contributed by atoms with Crippen LogP contribution in [0.15, 0.2) is 0 Å². The van der Waals surface area contributed by atoms with Crippen LogP contribution >= 0.6 is 0 Å². The minimum atomic E-state index is -0.408. The molecule has 0 aliphatic carbocycles. The summed E-state index contributed by atoms with van der Waals surface area (Å²) in [6.45, 7) is 9.97. The van der Waals surface area contributed by atoms with Crippen LogP contribution in [-0.2, 0) is 9.47 Å². The van der Waals surface area contributed by atoms with Gasteiger partial charge in [0.15, 0.2) is 0 Å². The maximum atomic E-state index is 11.9. The fraction of sp³-hybridized carbons (Fsp3) is 0.929. The van der Waals surface area contributed by atoms with Crippen molar-refractivity contribution in [2.75, 3.05) is 32.8 Å². The first-order valence-electron chi connectivity index (χ1n) is 7.23. The van der Waals surface area contributed by atoms with Crippen molar-refractivity contribution in [3.63, 3.8) is 0 Å². The van der Waals surface area contributed by atoms with Gasteiger partial charge in [-0.05, 0) is 39.5 Å². The van der Waals surface area contributed by atoms with Crippen LogP contribution in [0.3, 0.4) is 0 Å². The molecule has 0 saturated carbocycles. The van der Waals surface area contributed by atoms with Gasteiger partial charge in [-0.2, -0.15) is 0 Å². The number of amides is 1. The molecule has 0 spiro atoms. The highest BCUT2D eigenvalue weighted by molar-refractivity contribution is 5.68. The van der Waals surface area contributed by atoms with Crippen LogP contribution in [0.4, 0.5) is 4.79 Å². The van der Waals surface area contributed by atoms with Crippen molar-refractivity contribution in [3.8, 4) is 0 Å². The van der Waals surface area contributed by atoms with Gasteiger partial charge in [0.1, 0.15) is 5.60 Å². The van der Waals surface area contributed by atoms with E-state index in [0.717, 1.165) is 45.7 Å². The summed E-state index contributed by atoms with van der Waals surface area (Å²) < 4.78 is 10.7. The van der Waals surface area contributed by atoms with Crippen LogP contribution in [-0.4, -0.2) is 55.5 Å². The number of nitrogens with one attached hydrogen (secondary N) is 1. The maximum Gasteiger partial charge on any atom is 0.410 e. The second-order valence-electron chi connectivity index (χ2n) is 6.55. The van der Waals surface area contributed by atoms with Gasteiger partial charge in [0.05, 0.1) is 6.61 Å². The first-order valence-corrected chi connectivity index (χ1v) is 7.23. The number of likely N-dealkylation sites (tertiary alicyclic amines) is 1. The van der Waals surface area contributed by atoms with Crippen molar-refractivity contribution in [3.05, 3.63) is 0 Å². The highest BCUT2D eigenvalue weighted by atomic mass is 16.6. The minimum Gasteiger partial charge on any atom is -0.444 e. The van der Waals surface area contributed by atoms with Crippen LogP contribution in [0.2, 0.25) is 0 Å².